The highest BCUT2D eigenvalue weighted by Crippen LogP contribution is 2.39. The third kappa shape index (κ3) is 3.04. The minimum atomic E-state index is -0.214. The van der Waals surface area contributed by atoms with Crippen LogP contribution in [0, 0.1) is 11.7 Å². The molecule has 0 radical (unpaired) electrons. The zero-order chi connectivity index (χ0) is 14.8. The van der Waals surface area contributed by atoms with Crippen LogP contribution in [0.15, 0.2) is 30.3 Å². The molecule has 3 rings (SSSR count). The molecule has 1 aliphatic rings. The Morgan fingerprint density at radius 2 is 1.86 bits per heavy atom. The van der Waals surface area contributed by atoms with E-state index in [0.717, 1.165) is 16.9 Å². The van der Waals surface area contributed by atoms with E-state index in [1.807, 2.05) is 0 Å². The molecule has 0 bridgehead atoms. The van der Waals surface area contributed by atoms with Crippen molar-refractivity contribution < 1.29 is 9.50 Å². The molecule has 1 aliphatic carbocycles. The lowest BCUT2D eigenvalue weighted by Crippen LogP contribution is -2.13. The van der Waals surface area contributed by atoms with Crippen LogP contribution in [-0.4, -0.2) is 5.11 Å². The van der Waals surface area contributed by atoms with Crippen LogP contribution >= 0.6 is 0 Å². The van der Waals surface area contributed by atoms with Crippen molar-refractivity contribution in [1.82, 2.24) is 0 Å². The fourth-order valence-corrected chi connectivity index (χ4v) is 3.75. The summed E-state index contributed by atoms with van der Waals surface area (Å²) in [5, 5.41) is 10.9. The molecule has 1 nitrogen and oxygen atoms in total. The minimum Gasteiger partial charge on any atom is -0.508 e. The minimum absolute atomic E-state index is 0.120. The number of fused-ring (bicyclic) bond motifs is 1. The van der Waals surface area contributed by atoms with E-state index in [9.17, 15) is 9.50 Å². The first-order valence-electron chi connectivity index (χ1n) is 8.09. The van der Waals surface area contributed by atoms with Crippen LogP contribution in [-0.2, 0) is 0 Å². The second-order valence-electron chi connectivity index (χ2n) is 6.41. The van der Waals surface area contributed by atoms with Crippen molar-refractivity contribution in [3.05, 3.63) is 41.7 Å². The molecule has 1 N–H and O–H groups in total. The average Bonchev–Trinajstić information content (AvgIpc) is 2.49. The van der Waals surface area contributed by atoms with Gasteiger partial charge in [-0.05, 0) is 66.7 Å². The molecule has 0 heterocycles. The Morgan fingerprint density at radius 1 is 1.10 bits per heavy atom. The van der Waals surface area contributed by atoms with E-state index in [4.69, 9.17) is 0 Å². The summed E-state index contributed by atoms with van der Waals surface area (Å²) in [6, 6.07) is 8.71. The van der Waals surface area contributed by atoms with E-state index in [2.05, 4.69) is 13.0 Å². The van der Waals surface area contributed by atoms with Crippen LogP contribution in [0.2, 0.25) is 0 Å². The van der Waals surface area contributed by atoms with Gasteiger partial charge in [0.2, 0.25) is 0 Å². The molecule has 2 heteroatoms. The van der Waals surface area contributed by atoms with Crippen molar-refractivity contribution in [1.29, 1.82) is 0 Å². The van der Waals surface area contributed by atoms with Crippen molar-refractivity contribution in [3.8, 4) is 5.75 Å². The lowest BCUT2D eigenvalue weighted by Gasteiger charge is -2.28. The molecule has 0 aromatic heterocycles. The maximum atomic E-state index is 14.3. The number of rotatable bonds is 3. The van der Waals surface area contributed by atoms with Gasteiger partial charge in [0, 0.05) is 5.39 Å². The smallest absolute Gasteiger partial charge is 0.131 e. The van der Waals surface area contributed by atoms with E-state index in [-0.39, 0.29) is 11.6 Å². The standard InChI is InChI=1S/C19H23FO/c1-2-3-13-4-6-14(7-5-13)16-10-15-8-9-17(21)12-18(15)19(20)11-16/h8-14,21H,2-7H2,1H3. The Hall–Kier alpha value is -1.57. The number of hydrogen-bond acceptors (Lipinski definition) is 1. The summed E-state index contributed by atoms with van der Waals surface area (Å²) < 4.78 is 14.3. The maximum Gasteiger partial charge on any atom is 0.131 e. The molecule has 1 saturated carbocycles. The van der Waals surface area contributed by atoms with Gasteiger partial charge in [0.15, 0.2) is 0 Å². The van der Waals surface area contributed by atoms with E-state index in [1.165, 1.54) is 44.6 Å². The first-order valence-corrected chi connectivity index (χ1v) is 8.09. The number of phenolic OH excluding ortho intramolecular Hbond substituents is 1. The summed E-state index contributed by atoms with van der Waals surface area (Å²) in [5.41, 5.74) is 1.13. The van der Waals surface area contributed by atoms with E-state index in [0.29, 0.717) is 11.3 Å². The predicted octanol–water partition coefficient (Wildman–Crippen LogP) is 5.76. The van der Waals surface area contributed by atoms with Crippen LogP contribution in [0.3, 0.4) is 0 Å². The number of benzene rings is 2. The zero-order valence-electron chi connectivity index (χ0n) is 12.6. The van der Waals surface area contributed by atoms with Gasteiger partial charge in [-0.1, -0.05) is 31.9 Å². The van der Waals surface area contributed by atoms with Crippen molar-refractivity contribution in [2.45, 2.75) is 51.4 Å². The number of phenols is 1. The first-order chi connectivity index (χ1) is 10.2. The highest BCUT2D eigenvalue weighted by atomic mass is 19.1. The second-order valence-corrected chi connectivity index (χ2v) is 6.41. The van der Waals surface area contributed by atoms with Crippen LogP contribution < -0.4 is 0 Å². The lowest BCUT2D eigenvalue weighted by atomic mass is 9.77. The van der Waals surface area contributed by atoms with Crippen LogP contribution in [0.25, 0.3) is 10.8 Å². The summed E-state index contributed by atoms with van der Waals surface area (Å²) in [6.07, 6.45) is 7.49. The molecule has 0 saturated heterocycles. The number of halogens is 1. The largest absolute Gasteiger partial charge is 0.508 e. The van der Waals surface area contributed by atoms with Gasteiger partial charge in [-0.3, -0.25) is 0 Å². The molecule has 0 spiro atoms. The summed E-state index contributed by atoms with van der Waals surface area (Å²) in [7, 11) is 0. The fourth-order valence-electron chi connectivity index (χ4n) is 3.75. The highest BCUT2D eigenvalue weighted by molar-refractivity contribution is 5.85. The van der Waals surface area contributed by atoms with Crippen LogP contribution in [0.5, 0.6) is 5.75 Å². The molecule has 0 aliphatic heterocycles. The van der Waals surface area contributed by atoms with Gasteiger partial charge in [-0.25, -0.2) is 4.39 Å². The SMILES string of the molecule is CCCC1CCC(c2cc(F)c3cc(O)ccc3c2)CC1. The molecule has 112 valence electrons. The molecule has 0 atom stereocenters. The summed E-state index contributed by atoms with van der Waals surface area (Å²) in [4.78, 5) is 0. The molecule has 2 aromatic carbocycles. The number of hydrogen-bond donors (Lipinski definition) is 1. The third-order valence-electron chi connectivity index (χ3n) is 4.92. The maximum absolute atomic E-state index is 14.3. The van der Waals surface area contributed by atoms with Gasteiger partial charge < -0.3 is 5.11 Å². The zero-order valence-corrected chi connectivity index (χ0v) is 12.6. The summed E-state index contributed by atoms with van der Waals surface area (Å²) in [5.74, 6) is 1.27. The molecule has 0 amide bonds. The Kier molecular flexibility index (Phi) is 4.14. The van der Waals surface area contributed by atoms with Crippen molar-refractivity contribution >= 4 is 10.8 Å². The van der Waals surface area contributed by atoms with Gasteiger partial charge in [0.25, 0.3) is 0 Å². The lowest BCUT2D eigenvalue weighted by molar-refractivity contribution is 0.308. The Bertz CT molecular complexity index is 627. The molecule has 21 heavy (non-hydrogen) atoms. The summed E-state index contributed by atoms with van der Waals surface area (Å²) >= 11 is 0. The normalized spacial score (nSPS) is 22.6. The average molecular weight is 286 g/mol. The quantitative estimate of drug-likeness (QED) is 0.760. The highest BCUT2D eigenvalue weighted by Gasteiger charge is 2.22. The monoisotopic (exact) mass is 286 g/mol. The number of aromatic hydroxyl groups is 1. The fraction of sp³-hybridized carbons (Fsp3) is 0.474. The van der Waals surface area contributed by atoms with Crippen LogP contribution in [0.1, 0.15) is 56.9 Å². The van der Waals surface area contributed by atoms with Gasteiger partial charge in [0.05, 0.1) is 0 Å². The topological polar surface area (TPSA) is 20.2 Å². The first kappa shape index (κ1) is 14.4. The van der Waals surface area contributed by atoms with Crippen molar-refractivity contribution in [2.75, 3.05) is 0 Å². The molecular formula is C19H23FO. The molecule has 0 unspecified atom stereocenters. The van der Waals surface area contributed by atoms with E-state index in [1.54, 1.807) is 18.2 Å². The van der Waals surface area contributed by atoms with Gasteiger partial charge >= 0.3 is 0 Å². The Labute approximate surface area is 125 Å². The van der Waals surface area contributed by atoms with Gasteiger partial charge in [-0.15, -0.1) is 0 Å². The summed E-state index contributed by atoms with van der Waals surface area (Å²) in [6.45, 7) is 2.25. The third-order valence-corrected chi connectivity index (χ3v) is 4.92. The van der Waals surface area contributed by atoms with Crippen molar-refractivity contribution in [3.63, 3.8) is 0 Å². The van der Waals surface area contributed by atoms with Crippen molar-refractivity contribution in [2.24, 2.45) is 5.92 Å². The Balaban J connectivity index is 1.83. The second kappa shape index (κ2) is 6.05. The molecule has 1 fully saturated rings. The van der Waals surface area contributed by atoms with Gasteiger partial charge in [0.1, 0.15) is 11.6 Å². The molecule has 2 aromatic rings. The predicted molar refractivity (Wildman–Crippen MR) is 85.2 cm³/mol. The molecular weight excluding hydrogens is 263 g/mol. The Morgan fingerprint density at radius 3 is 2.57 bits per heavy atom. The van der Waals surface area contributed by atoms with Gasteiger partial charge in [-0.2, -0.15) is 0 Å². The van der Waals surface area contributed by atoms with Crippen LogP contribution in [0.4, 0.5) is 4.39 Å². The van der Waals surface area contributed by atoms with E-state index >= 15 is 0 Å². The van der Waals surface area contributed by atoms with E-state index < -0.39 is 0 Å².